The number of carbonyl (C=O) groups excluding carboxylic acids is 1. The van der Waals surface area contributed by atoms with E-state index in [0.29, 0.717) is 12.2 Å². The lowest BCUT2D eigenvalue weighted by Gasteiger charge is -2.16. The SMILES string of the molecule is CCCCCCCC(C(=O)Cc1ccccc1)c1ccccc1. The maximum atomic E-state index is 12.8. The zero-order chi connectivity index (χ0) is 16.3. The Morgan fingerprint density at radius 1 is 0.826 bits per heavy atom. The molecule has 0 saturated heterocycles. The van der Waals surface area contributed by atoms with Crippen LogP contribution in [0.4, 0.5) is 0 Å². The van der Waals surface area contributed by atoms with Crippen molar-refractivity contribution >= 4 is 5.78 Å². The van der Waals surface area contributed by atoms with Crippen molar-refractivity contribution in [2.24, 2.45) is 0 Å². The molecule has 122 valence electrons. The van der Waals surface area contributed by atoms with Crippen LogP contribution in [-0.4, -0.2) is 5.78 Å². The van der Waals surface area contributed by atoms with E-state index in [1.54, 1.807) is 0 Å². The first-order valence-electron chi connectivity index (χ1n) is 8.93. The quantitative estimate of drug-likeness (QED) is 0.496. The minimum Gasteiger partial charge on any atom is -0.299 e. The van der Waals surface area contributed by atoms with Gasteiger partial charge >= 0.3 is 0 Å². The molecular formula is C22H28O. The van der Waals surface area contributed by atoms with Gasteiger partial charge in [-0.1, -0.05) is 99.7 Å². The number of ketones is 1. The van der Waals surface area contributed by atoms with Crippen LogP contribution in [0.1, 0.15) is 62.5 Å². The Balaban J connectivity index is 1.99. The molecule has 1 nitrogen and oxygen atoms in total. The van der Waals surface area contributed by atoms with Crippen LogP contribution in [0.2, 0.25) is 0 Å². The topological polar surface area (TPSA) is 17.1 Å². The largest absolute Gasteiger partial charge is 0.299 e. The lowest BCUT2D eigenvalue weighted by Crippen LogP contribution is -2.15. The summed E-state index contributed by atoms with van der Waals surface area (Å²) in [6.07, 6.45) is 7.72. The molecule has 0 spiro atoms. The molecule has 23 heavy (non-hydrogen) atoms. The molecule has 0 amide bonds. The highest BCUT2D eigenvalue weighted by molar-refractivity contribution is 5.87. The number of hydrogen-bond donors (Lipinski definition) is 0. The third kappa shape index (κ3) is 6.02. The Labute approximate surface area is 140 Å². The molecule has 0 aliphatic carbocycles. The van der Waals surface area contributed by atoms with Crippen molar-refractivity contribution in [2.75, 3.05) is 0 Å². The third-order valence-corrected chi connectivity index (χ3v) is 4.41. The number of Topliss-reactive ketones (excluding diaryl/α,β-unsaturated/α-hetero) is 1. The number of rotatable bonds is 10. The van der Waals surface area contributed by atoms with Crippen molar-refractivity contribution in [1.82, 2.24) is 0 Å². The second kappa shape index (κ2) is 9.99. The molecule has 1 heteroatoms. The van der Waals surface area contributed by atoms with E-state index < -0.39 is 0 Å². The van der Waals surface area contributed by atoms with Gasteiger partial charge in [0.2, 0.25) is 0 Å². The van der Waals surface area contributed by atoms with Gasteiger partial charge in [-0.15, -0.1) is 0 Å². The molecule has 2 rings (SSSR count). The van der Waals surface area contributed by atoms with Gasteiger partial charge in [-0.3, -0.25) is 4.79 Å². The predicted molar refractivity (Wildman–Crippen MR) is 97.7 cm³/mol. The minimum atomic E-state index is 0.0398. The van der Waals surface area contributed by atoms with Gasteiger partial charge in [0.25, 0.3) is 0 Å². The van der Waals surface area contributed by atoms with Crippen LogP contribution in [0.25, 0.3) is 0 Å². The molecule has 0 bridgehead atoms. The summed E-state index contributed by atoms with van der Waals surface area (Å²) in [5, 5.41) is 0. The van der Waals surface area contributed by atoms with Gasteiger partial charge in [-0.2, -0.15) is 0 Å². The molecule has 0 aliphatic heterocycles. The number of carbonyl (C=O) groups is 1. The molecule has 1 unspecified atom stereocenters. The summed E-state index contributed by atoms with van der Waals surface area (Å²) in [7, 11) is 0. The molecule has 2 aromatic carbocycles. The average Bonchev–Trinajstić information content (AvgIpc) is 2.59. The Kier molecular flexibility index (Phi) is 7.59. The van der Waals surface area contributed by atoms with Gasteiger partial charge in [0.1, 0.15) is 5.78 Å². The maximum Gasteiger partial charge on any atom is 0.144 e. The van der Waals surface area contributed by atoms with E-state index >= 15 is 0 Å². The fraction of sp³-hybridized carbons (Fsp3) is 0.409. The molecule has 0 aromatic heterocycles. The second-order valence-corrected chi connectivity index (χ2v) is 6.29. The van der Waals surface area contributed by atoms with Gasteiger partial charge in [0.05, 0.1) is 0 Å². The van der Waals surface area contributed by atoms with E-state index in [4.69, 9.17) is 0 Å². The molecule has 1 atom stereocenters. The van der Waals surface area contributed by atoms with Gasteiger partial charge in [0, 0.05) is 12.3 Å². The van der Waals surface area contributed by atoms with E-state index in [-0.39, 0.29) is 5.92 Å². The highest BCUT2D eigenvalue weighted by atomic mass is 16.1. The Hall–Kier alpha value is -1.89. The van der Waals surface area contributed by atoms with Crippen LogP contribution in [0.15, 0.2) is 60.7 Å². The Morgan fingerprint density at radius 2 is 1.43 bits per heavy atom. The van der Waals surface area contributed by atoms with Crippen molar-refractivity contribution in [3.63, 3.8) is 0 Å². The van der Waals surface area contributed by atoms with Gasteiger partial charge in [-0.05, 0) is 17.5 Å². The van der Waals surface area contributed by atoms with Crippen LogP contribution in [-0.2, 0) is 11.2 Å². The Morgan fingerprint density at radius 3 is 2.09 bits per heavy atom. The average molecular weight is 308 g/mol. The monoisotopic (exact) mass is 308 g/mol. The maximum absolute atomic E-state index is 12.8. The van der Waals surface area contributed by atoms with E-state index in [2.05, 4.69) is 19.1 Å². The third-order valence-electron chi connectivity index (χ3n) is 4.41. The molecule has 0 heterocycles. The number of benzene rings is 2. The van der Waals surface area contributed by atoms with Crippen LogP contribution in [0.3, 0.4) is 0 Å². The van der Waals surface area contributed by atoms with Gasteiger partial charge < -0.3 is 0 Å². The summed E-state index contributed by atoms with van der Waals surface area (Å²) in [6, 6.07) is 20.4. The molecule has 0 N–H and O–H groups in total. The van der Waals surface area contributed by atoms with Crippen molar-refractivity contribution in [3.8, 4) is 0 Å². The zero-order valence-corrected chi connectivity index (χ0v) is 14.2. The van der Waals surface area contributed by atoms with Crippen molar-refractivity contribution < 1.29 is 4.79 Å². The smallest absolute Gasteiger partial charge is 0.144 e. The van der Waals surface area contributed by atoms with E-state index in [1.807, 2.05) is 48.5 Å². The van der Waals surface area contributed by atoms with Crippen molar-refractivity contribution in [3.05, 3.63) is 71.8 Å². The first kappa shape index (κ1) is 17.5. The molecule has 0 radical (unpaired) electrons. The minimum absolute atomic E-state index is 0.0398. The summed E-state index contributed by atoms with van der Waals surface area (Å²) >= 11 is 0. The predicted octanol–water partition coefficient (Wildman–Crippen LogP) is 5.94. The van der Waals surface area contributed by atoms with Crippen LogP contribution in [0, 0.1) is 0 Å². The number of unbranched alkanes of at least 4 members (excludes halogenated alkanes) is 4. The summed E-state index contributed by atoms with van der Waals surface area (Å²) in [6.45, 7) is 2.23. The van der Waals surface area contributed by atoms with E-state index in [0.717, 1.165) is 18.4 Å². The van der Waals surface area contributed by atoms with Gasteiger partial charge in [0.15, 0.2) is 0 Å². The first-order chi connectivity index (χ1) is 11.3. The van der Waals surface area contributed by atoms with Crippen LogP contribution in [0.5, 0.6) is 0 Å². The Bertz CT molecular complexity index is 559. The van der Waals surface area contributed by atoms with E-state index in [9.17, 15) is 4.79 Å². The highest BCUT2D eigenvalue weighted by Crippen LogP contribution is 2.25. The van der Waals surface area contributed by atoms with Crippen LogP contribution < -0.4 is 0 Å². The zero-order valence-electron chi connectivity index (χ0n) is 14.2. The summed E-state index contributed by atoms with van der Waals surface area (Å²) in [5.41, 5.74) is 2.29. The first-order valence-corrected chi connectivity index (χ1v) is 8.93. The fourth-order valence-corrected chi connectivity index (χ4v) is 3.07. The summed E-state index contributed by atoms with van der Waals surface area (Å²) in [4.78, 5) is 12.8. The summed E-state index contributed by atoms with van der Waals surface area (Å²) in [5.74, 6) is 0.385. The molecule has 0 saturated carbocycles. The van der Waals surface area contributed by atoms with Gasteiger partial charge in [-0.25, -0.2) is 0 Å². The lowest BCUT2D eigenvalue weighted by molar-refractivity contribution is -0.120. The fourth-order valence-electron chi connectivity index (χ4n) is 3.07. The molecule has 0 aliphatic rings. The highest BCUT2D eigenvalue weighted by Gasteiger charge is 2.20. The standard InChI is InChI=1S/C22H28O/c1-2-3-4-5-12-17-21(20-15-10-7-11-16-20)22(23)18-19-13-8-6-9-14-19/h6-11,13-16,21H,2-5,12,17-18H2,1H3. The molecule has 2 aromatic rings. The second-order valence-electron chi connectivity index (χ2n) is 6.29. The van der Waals surface area contributed by atoms with E-state index in [1.165, 1.54) is 31.2 Å². The normalized spacial score (nSPS) is 12.0. The van der Waals surface area contributed by atoms with Crippen molar-refractivity contribution in [1.29, 1.82) is 0 Å². The number of hydrogen-bond acceptors (Lipinski definition) is 1. The lowest BCUT2D eigenvalue weighted by atomic mass is 9.86. The summed E-state index contributed by atoms with van der Waals surface area (Å²) < 4.78 is 0. The van der Waals surface area contributed by atoms with Crippen molar-refractivity contribution in [2.45, 2.75) is 57.8 Å². The van der Waals surface area contributed by atoms with Crippen LogP contribution >= 0.6 is 0 Å². The molecule has 0 fully saturated rings. The molecular weight excluding hydrogens is 280 g/mol.